The van der Waals surface area contributed by atoms with Crippen molar-refractivity contribution in [3.8, 4) is 0 Å². The van der Waals surface area contributed by atoms with Crippen molar-refractivity contribution in [3.63, 3.8) is 0 Å². The Labute approximate surface area is 172 Å². The summed E-state index contributed by atoms with van der Waals surface area (Å²) < 4.78 is 5.08. The molecule has 1 aliphatic heterocycles. The number of benzene rings is 2. The maximum Gasteiger partial charge on any atom is 0.321 e. The minimum Gasteiger partial charge on any atom is -0.459 e. The van der Waals surface area contributed by atoms with Gasteiger partial charge in [-0.1, -0.05) is 18.2 Å². The average molecular weight is 404 g/mol. The van der Waals surface area contributed by atoms with Crippen LogP contribution in [-0.2, 0) is 6.54 Å². The molecule has 8 nitrogen and oxygen atoms in total. The van der Waals surface area contributed by atoms with Crippen LogP contribution < -0.4 is 20.9 Å². The fourth-order valence-electron chi connectivity index (χ4n) is 3.18. The molecule has 30 heavy (non-hydrogen) atoms. The normalized spacial score (nSPS) is 13.1. The summed E-state index contributed by atoms with van der Waals surface area (Å²) in [4.78, 5) is 38.1. The van der Waals surface area contributed by atoms with Crippen molar-refractivity contribution in [3.05, 3.63) is 83.8 Å². The summed E-state index contributed by atoms with van der Waals surface area (Å²) in [6, 6.07) is 17.2. The third-order valence-corrected chi connectivity index (χ3v) is 4.66. The molecular weight excluding hydrogens is 384 g/mol. The molecule has 1 fully saturated rings. The van der Waals surface area contributed by atoms with Gasteiger partial charge in [0.15, 0.2) is 5.76 Å². The summed E-state index contributed by atoms with van der Waals surface area (Å²) in [7, 11) is 0. The van der Waals surface area contributed by atoms with E-state index in [2.05, 4.69) is 16.0 Å². The van der Waals surface area contributed by atoms with Gasteiger partial charge in [0.05, 0.1) is 6.26 Å². The van der Waals surface area contributed by atoms with E-state index in [-0.39, 0.29) is 30.2 Å². The summed E-state index contributed by atoms with van der Waals surface area (Å²) in [6.45, 7) is 1.44. The number of rotatable bonds is 6. The van der Waals surface area contributed by atoms with E-state index in [0.717, 1.165) is 5.56 Å². The van der Waals surface area contributed by atoms with Crippen LogP contribution in [0.4, 0.5) is 16.2 Å². The summed E-state index contributed by atoms with van der Waals surface area (Å²) in [6.07, 6.45) is 1.44. The highest BCUT2D eigenvalue weighted by molar-refractivity contribution is 6.02. The predicted octanol–water partition coefficient (Wildman–Crippen LogP) is 2.99. The molecule has 1 saturated heterocycles. The number of urea groups is 1. The van der Waals surface area contributed by atoms with E-state index in [1.807, 2.05) is 6.07 Å². The SMILES string of the molecule is O=C(NCc1cccc(NC(=O)c2ccco2)c1)c1cccc(N2CCNC2=O)c1. The first-order valence-corrected chi connectivity index (χ1v) is 9.47. The molecule has 3 N–H and O–H groups in total. The molecule has 8 heteroatoms. The van der Waals surface area contributed by atoms with E-state index >= 15 is 0 Å². The van der Waals surface area contributed by atoms with Crippen LogP contribution in [0, 0.1) is 0 Å². The standard InChI is InChI=1S/C22H20N4O4/c27-20(16-5-2-7-18(13-16)26-10-9-23-22(26)29)24-14-15-4-1-6-17(12-15)25-21(28)19-8-3-11-30-19/h1-8,11-13H,9-10,14H2,(H,23,29)(H,24,27)(H,25,28). The van der Waals surface area contributed by atoms with Crippen molar-refractivity contribution in [1.82, 2.24) is 10.6 Å². The molecule has 0 saturated carbocycles. The smallest absolute Gasteiger partial charge is 0.321 e. The molecule has 4 amide bonds. The molecule has 0 unspecified atom stereocenters. The molecule has 0 spiro atoms. The Bertz CT molecular complexity index is 1080. The van der Waals surface area contributed by atoms with Gasteiger partial charge in [-0.25, -0.2) is 4.79 Å². The Morgan fingerprint density at radius 3 is 2.67 bits per heavy atom. The molecule has 0 radical (unpaired) electrons. The van der Waals surface area contributed by atoms with Crippen molar-refractivity contribution >= 4 is 29.2 Å². The maximum absolute atomic E-state index is 12.6. The number of carbonyl (C=O) groups is 3. The zero-order chi connectivity index (χ0) is 20.9. The van der Waals surface area contributed by atoms with Gasteiger partial charge in [0.25, 0.3) is 11.8 Å². The second-order valence-corrected chi connectivity index (χ2v) is 6.75. The lowest BCUT2D eigenvalue weighted by molar-refractivity contribution is 0.0949. The molecule has 4 rings (SSSR count). The third kappa shape index (κ3) is 4.33. The molecule has 3 aromatic rings. The Morgan fingerprint density at radius 2 is 1.90 bits per heavy atom. The lowest BCUT2D eigenvalue weighted by Crippen LogP contribution is -2.28. The molecule has 2 aromatic carbocycles. The molecular formula is C22H20N4O4. The largest absolute Gasteiger partial charge is 0.459 e. The van der Waals surface area contributed by atoms with E-state index in [0.29, 0.717) is 30.0 Å². The number of nitrogens with one attached hydrogen (secondary N) is 3. The van der Waals surface area contributed by atoms with Crippen LogP contribution in [0.25, 0.3) is 0 Å². The van der Waals surface area contributed by atoms with Crippen molar-refractivity contribution in [1.29, 1.82) is 0 Å². The van der Waals surface area contributed by atoms with Crippen molar-refractivity contribution in [2.75, 3.05) is 23.3 Å². The van der Waals surface area contributed by atoms with Crippen LogP contribution in [0.5, 0.6) is 0 Å². The highest BCUT2D eigenvalue weighted by atomic mass is 16.3. The molecule has 1 aromatic heterocycles. The van der Waals surface area contributed by atoms with Gasteiger partial charge in [-0.15, -0.1) is 0 Å². The van der Waals surface area contributed by atoms with Gasteiger partial charge >= 0.3 is 6.03 Å². The van der Waals surface area contributed by atoms with Gasteiger partial charge in [-0.2, -0.15) is 0 Å². The van der Waals surface area contributed by atoms with E-state index in [4.69, 9.17) is 4.42 Å². The number of anilines is 2. The minimum atomic E-state index is -0.344. The lowest BCUT2D eigenvalue weighted by Gasteiger charge is -2.15. The number of hydrogen-bond acceptors (Lipinski definition) is 4. The van der Waals surface area contributed by atoms with Crippen LogP contribution in [-0.4, -0.2) is 30.9 Å². The van der Waals surface area contributed by atoms with Crippen LogP contribution in [0.15, 0.2) is 71.3 Å². The zero-order valence-electron chi connectivity index (χ0n) is 16.1. The highest BCUT2D eigenvalue weighted by Gasteiger charge is 2.21. The van der Waals surface area contributed by atoms with Gasteiger partial charge in [0, 0.05) is 36.6 Å². The monoisotopic (exact) mass is 404 g/mol. The second kappa shape index (κ2) is 8.52. The minimum absolute atomic E-state index is 0.166. The van der Waals surface area contributed by atoms with E-state index in [9.17, 15) is 14.4 Å². The average Bonchev–Trinajstić information content (AvgIpc) is 3.44. The predicted molar refractivity (Wildman–Crippen MR) is 111 cm³/mol. The topological polar surface area (TPSA) is 104 Å². The summed E-state index contributed by atoms with van der Waals surface area (Å²) in [5.74, 6) is -0.370. The Balaban J connectivity index is 1.38. The van der Waals surface area contributed by atoms with Gasteiger partial charge in [0.2, 0.25) is 0 Å². The van der Waals surface area contributed by atoms with E-state index in [1.165, 1.54) is 6.26 Å². The van der Waals surface area contributed by atoms with Crippen LogP contribution >= 0.6 is 0 Å². The molecule has 1 aliphatic rings. The van der Waals surface area contributed by atoms with Crippen LogP contribution in [0.3, 0.4) is 0 Å². The molecule has 0 aliphatic carbocycles. The second-order valence-electron chi connectivity index (χ2n) is 6.75. The molecule has 2 heterocycles. The Morgan fingerprint density at radius 1 is 1.03 bits per heavy atom. The molecule has 0 atom stereocenters. The van der Waals surface area contributed by atoms with E-state index < -0.39 is 0 Å². The number of amides is 4. The van der Waals surface area contributed by atoms with Crippen LogP contribution in [0.1, 0.15) is 26.5 Å². The van der Waals surface area contributed by atoms with Gasteiger partial charge < -0.3 is 20.4 Å². The summed E-state index contributed by atoms with van der Waals surface area (Å²) in [5.41, 5.74) is 2.58. The van der Waals surface area contributed by atoms with E-state index in [1.54, 1.807) is 59.5 Å². The van der Waals surface area contributed by atoms with Crippen molar-refractivity contribution in [2.24, 2.45) is 0 Å². The first-order valence-electron chi connectivity index (χ1n) is 9.47. The molecule has 0 bridgehead atoms. The number of furan rings is 1. The fraction of sp³-hybridized carbons (Fsp3) is 0.136. The third-order valence-electron chi connectivity index (χ3n) is 4.66. The van der Waals surface area contributed by atoms with Gasteiger partial charge in [-0.05, 0) is 48.0 Å². The van der Waals surface area contributed by atoms with Crippen LogP contribution in [0.2, 0.25) is 0 Å². The Kier molecular flexibility index (Phi) is 5.47. The number of hydrogen-bond donors (Lipinski definition) is 3. The fourth-order valence-corrected chi connectivity index (χ4v) is 3.18. The summed E-state index contributed by atoms with van der Waals surface area (Å²) >= 11 is 0. The van der Waals surface area contributed by atoms with Gasteiger partial charge in [-0.3, -0.25) is 14.5 Å². The van der Waals surface area contributed by atoms with Crippen molar-refractivity contribution in [2.45, 2.75) is 6.54 Å². The lowest BCUT2D eigenvalue weighted by atomic mass is 10.1. The first kappa shape index (κ1) is 19.3. The quantitative estimate of drug-likeness (QED) is 0.588. The number of carbonyl (C=O) groups excluding carboxylic acids is 3. The number of nitrogens with zero attached hydrogens (tertiary/aromatic N) is 1. The Hall–Kier alpha value is -4.07. The van der Waals surface area contributed by atoms with Gasteiger partial charge in [0.1, 0.15) is 0 Å². The zero-order valence-corrected chi connectivity index (χ0v) is 16.1. The highest BCUT2D eigenvalue weighted by Crippen LogP contribution is 2.18. The first-order chi connectivity index (χ1) is 14.6. The molecule has 152 valence electrons. The maximum atomic E-state index is 12.6. The summed E-state index contributed by atoms with van der Waals surface area (Å²) in [5, 5.41) is 8.36. The van der Waals surface area contributed by atoms with Crippen molar-refractivity contribution < 1.29 is 18.8 Å².